The summed E-state index contributed by atoms with van der Waals surface area (Å²) in [4.78, 5) is 4.65. The van der Waals surface area contributed by atoms with Crippen molar-refractivity contribution in [2.45, 2.75) is 45.2 Å². The number of guanidine groups is 1. The second-order valence-electron chi connectivity index (χ2n) is 4.44. The van der Waals surface area contributed by atoms with Crippen LogP contribution in [0.2, 0.25) is 9.36 Å². The van der Waals surface area contributed by atoms with Crippen LogP contribution in [0.4, 0.5) is 5.69 Å². The Morgan fingerprint density at radius 1 is 1.33 bits per heavy atom. The molecule has 0 bridgehead atoms. The predicted octanol–water partition coefficient (Wildman–Crippen LogP) is 4.37. The topological polar surface area (TPSA) is 36.4 Å². The number of anilines is 1. The number of hydrogen-bond donors (Lipinski definition) is 2. The van der Waals surface area contributed by atoms with E-state index in [0.717, 1.165) is 11.6 Å². The largest absolute Gasteiger partial charge is 0.351 e. The van der Waals surface area contributed by atoms with Crippen LogP contribution in [-0.4, -0.2) is 18.0 Å². The fourth-order valence-corrected chi connectivity index (χ4v) is 3.69. The smallest absolute Gasteiger partial charge is 0.196 e. The monoisotopic (exact) mass is 305 g/mol. The van der Waals surface area contributed by atoms with Gasteiger partial charge < -0.3 is 10.6 Å². The van der Waals surface area contributed by atoms with E-state index in [1.807, 2.05) is 5.38 Å². The van der Waals surface area contributed by atoms with Crippen molar-refractivity contribution in [1.82, 2.24) is 5.32 Å². The van der Waals surface area contributed by atoms with E-state index in [0.29, 0.717) is 21.4 Å². The summed E-state index contributed by atoms with van der Waals surface area (Å²) < 4.78 is 0.675. The van der Waals surface area contributed by atoms with Gasteiger partial charge in [0.15, 0.2) is 5.96 Å². The maximum atomic E-state index is 6.07. The molecule has 0 amide bonds. The van der Waals surface area contributed by atoms with Crippen molar-refractivity contribution in [3.05, 3.63) is 14.7 Å². The van der Waals surface area contributed by atoms with Crippen LogP contribution in [0, 0.1) is 0 Å². The first-order valence-corrected chi connectivity index (χ1v) is 7.41. The number of aliphatic imine (C=N–C) groups is 1. The van der Waals surface area contributed by atoms with Crippen LogP contribution in [0.25, 0.3) is 0 Å². The van der Waals surface area contributed by atoms with Crippen LogP contribution in [0.1, 0.15) is 33.1 Å². The summed E-state index contributed by atoms with van der Waals surface area (Å²) in [6.45, 7) is 0. The van der Waals surface area contributed by atoms with Crippen molar-refractivity contribution in [2.24, 2.45) is 4.99 Å². The van der Waals surface area contributed by atoms with Crippen LogP contribution in [0.5, 0.6) is 0 Å². The molecule has 0 unspecified atom stereocenters. The Hall–Kier alpha value is -0.450. The van der Waals surface area contributed by atoms with E-state index in [-0.39, 0.29) is 7.43 Å². The molecule has 2 aliphatic rings. The van der Waals surface area contributed by atoms with Crippen molar-refractivity contribution in [2.75, 3.05) is 5.32 Å². The molecule has 1 aromatic rings. The predicted molar refractivity (Wildman–Crippen MR) is 81.3 cm³/mol. The highest BCUT2D eigenvalue weighted by molar-refractivity contribution is 7.15. The van der Waals surface area contributed by atoms with Gasteiger partial charge >= 0.3 is 0 Å². The Labute approximate surface area is 122 Å². The summed E-state index contributed by atoms with van der Waals surface area (Å²) in [7, 11) is 0. The molecule has 1 fully saturated rings. The SMILES string of the molecule is C.Clc1csc(Cl)c1NC1=N[C@@H]2CCCC[C@@H]2N1. The first kappa shape index (κ1) is 14.0. The zero-order chi connectivity index (χ0) is 11.8. The number of rotatable bonds is 1. The van der Waals surface area contributed by atoms with Gasteiger partial charge in [0.25, 0.3) is 0 Å². The lowest BCUT2D eigenvalue weighted by molar-refractivity contribution is 0.384. The summed E-state index contributed by atoms with van der Waals surface area (Å²) in [6.07, 6.45) is 4.94. The molecule has 18 heavy (non-hydrogen) atoms. The van der Waals surface area contributed by atoms with Crippen LogP contribution < -0.4 is 10.6 Å². The van der Waals surface area contributed by atoms with Gasteiger partial charge in [0.05, 0.1) is 22.8 Å². The molecule has 2 heterocycles. The third-order valence-electron chi connectivity index (χ3n) is 3.29. The zero-order valence-corrected chi connectivity index (χ0v) is 11.5. The van der Waals surface area contributed by atoms with Gasteiger partial charge in [0, 0.05) is 5.38 Å². The minimum absolute atomic E-state index is 0. The lowest BCUT2D eigenvalue weighted by Gasteiger charge is -2.23. The van der Waals surface area contributed by atoms with E-state index in [4.69, 9.17) is 23.2 Å². The van der Waals surface area contributed by atoms with Gasteiger partial charge in [-0.05, 0) is 12.8 Å². The molecule has 100 valence electrons. The molecule has 0 saturated heterocycles. The van der Waals surface area contributed by atoms with E-state index in [1.54, 1.807) is 0 Å². The third-order valence-corrected chi connectivity index (χ3v) is 4.94. The number of hydrogen-bond acceptors (Lipinski definition) is 4. The van der Waals surface area contributed by atoms with Gasteiger partial charge in [-0.25, -0.2) is 4.99 Å². The summed E-state index contributed by atoms with van der Waals surface area (Å²) in [5.41, 5.74) is 0.767. The van der Waals surface area contributed by atoms with Gasteiger partial charge in [-0.2, -0.15) is 0 Å². The lowest BCUT2D eigenvalue weighted by Crippen LogP contribution is -2.38. The minimum atomic E-state index is 0. The average molecular weight is 306 g/mol. The molecule has 2 atom stereocenters. The van der Waals surface area contributed by atoms with Crippen LogP contribution in [-0.2, 0) is 0 Å². The zero-order valence-electron chi connectivity index (χ0n) is 9.17. The molecule has 1 aliphatic carbocycles. The molecule has 0 aromatic carbocycles. The van der Waals surface area contributed by atoms with Crippen molar-refractivity contribution in [1.29, 1.82) is 0 Å². The number of nitrogens with one attached hydrogen (secondary N) is 2. The molecule has 0 radical (unpaired) electrons. The number of thiophene rings is 1. The van der Waals surface area contributed by atoms with Crippen LogP contribution in [0.3, 0.4) is 0 Å². The first-order chi connectivity index (χ1) is 8.24. The summed E-state index contributed by atoms with van der Waals surface area (Å²) in [6, 6.07) is 0.907. The van der Waals surface area contributed by atoms with E-state index in [2.05, 4.69) is 15.6 Å². The summed E-state index contributed by atoms with van der Waals surface area (Å²) in [5, 5.41) is 9.09. The van der Waals surface area contributed by atoms with Crippen molar-refractivity contribution in [3.63, 3.8) is 0 Å². The van der Waals surface area contributed by atoms with Crippen LogP contribution in [0.15, 0.2) is 10.4 Å². The fraction of sp³-hybridized carbons (Fsp3) is 0.583. The van der Waals surface area contributed by atoms with Gasteiger partial charge in [-0.15, -0.1) is 11.3 Å². The van der Waals surface area contributed by atoms with Gasteiger partial charge in [0.2, 0.25) is 0 Å². The van der Waals surface area contributed by atoms with E-state index in [9.17, 15) is 0 Å². The van der Waals surface area contributed by atoms with Crippen molar-refractivity contribution in [3.8, 4) is 0 Å². The molecule has 3 nitrogen and oxygen atoms in total. The van der Waals surface area contributed by atoms with Crippen molar-refractivity contribution >= 4 is 46.2 Å². The van der Waals surface area contributed by atoms with E-state index in [1.165, 1.54) is 37.0 Å². The maximum absolute atomic E-state index is 6.07. The molecule has 1 saturated carbocycles. The molecule has 2 N–H and O–H groups in total. The number of nitrogens with zero attached hydrogens (tertiary/aromatic N) is 1. The Bertz CT molecular complexity index is 439. The van der Waals surface area contributed by atoms with E-state index >= 15 is 0 Å². The molecule has 3 rings (SSSR count). The number of halogens is 2. The van der Waals surface area contributed by atoms with E-state index < -0.39 is 0 Å². The number of fused-ring (bicyclic) bond motifs is 1. The Morgan fingerprint density at radius 2 is 2.11 bits per heavy atom. The standard InChI is InChI=1S/C11H13Cl2N3S.CH4/c12-6-5-17-10(13)9(6)16-11-14-7-3-1-2-4-8(7)15-11;/h5,7-8H,1-4H2,(H2,14,15,16);1H4/t7-,8+;. The first-order valence-electron chi connectivity index (χ1n) is 5.78. The lowest BCUT2D eigenvalue weighted by atomic mass is 9.92. The highest BCUT2D eigenvalue weighted by Crippen LogP contribution is 2.36. The molecular formula is C12H17Cl2N3S. The van der Waals surface area contributed by atoms with Gasteiger partial charge in [-0.3, -0.25) is 0 Å². The highest BCUT2D eigenvalue weighted by Gasteiger charge is 2.31. The molecule has 6 heteroatoms. The Balaban J connectivity index is 0.00000120. The van der Waals surface area contributed by atoms with Crippen LogP contribution >= 0.6 is 34.5 Å². The fourth-order valence-electron chi connectivity index (χ4n) is 2.42. The van der Waals surface area contributed by atoms with Gasteiger partial charge in [-0.1, -0.05) is 43.5 Å². The maximum Gasteiger partial charge on any atom is 0.196 e. The highest BCUT2D eigenvalue weighted by atomic mass is 35.5. The third kappa shape index (κ3) is 2.60. The molecule has 1 aromatic heterocycles. The Kier molecular flexibility index (Phi) is 4.41. The normalized spacial score (nSPS) is 25.8. The quantitative estimate of drug-likeness (QED) is 0.808. The second-order valence-corrected chi connectivity index (χ2v) is 6.33. The molecule has 1 aliphatic heterocycles. The average Bonchev–Trinajstić information content (AvgIpc) is 2.87. The minimum Gasteiger partial charge on any atom is -0.351 e. The van der Waals surface area contributed by atoms with Crippen molar-refractivity contribution < 1.29 is 0 Å². The Morgan fingerprint density at radius 3 is 2.78 bits per heavy atom. The molecule has 0 spiro atoms. The van der Waals surface area contributed by atoms with Gasteiger partial charge in [0.1, 0.15) is 4.34 Å². The summed E-state index contributed by atoms with van der Waals surface area (Å²) in [5.74, 6) is 0.809. The molecular weight excluding hydrogens is 289 g/mol. The summed E-state index contributed by atoms with van der Waals surface area (Å²) >= 11 is 13.6. The second kappa shape index (κ2) is 5.68.